The van der Waals surface area contributed by atoms with Gasteiger partial charge in [0.1, 0.15) is 24.4 Å². The van der Waals surface area contributed by atoms with E-state index in [2.05, 4.69) is 19.6 Å². The summed E-state index contributed by atoms with van der Waals surface area (Å²) in [6.07, 6.45) is 3.52. The molecule has 27 heavy (non-hydrogen) atoms. The van der Waals surface area contributed by atoms with Crippen molar-refractivity contribution in [3.8, 4) is 0 Å². The quantitative estimate of drug-likeness (QED) is 0.166. The molecule has 0 N–H and O–H groups in total. The van der Waals surface area contributed by atoms with Gasteiger partial charge in [-0.25, -0.2) is 9.59 Å². The number of ketones is 2. The first-order valence-corrected chi connectivity index (χ1v) is 9.09. The molecule has 9 heteroatoms. The van der Waals surface area contributed by atoms with Gasteiger partial charge in [-0.2, -0.15) is 9.78 Å². The molecule has 0 radical (unpaired) electrons. The molecule has 0 fully saturated rings. The van der Waals surface area contributed by atoms with Gasteiger partial charge in [0.15, 0.2) is 0 Å². The molecule has 0 rings (SSSR count). The maximum atomic E-state index is 10.9. The molecule has 8 nitrogen and oxygen atoms in total. The van der Waals surface area contributed by atoms with Crippen LogP contribution in [-0.4, -0.2) is 36.7 Å². The third kappa shape index (κ3) is 25.1. The molecule has 0 aromatic heterocycles. The summed E-state index contributed by atoms with van der Waals surface area (Å²) in [6, 6.07) is 0. The molecule has 0 heterocycles. The molecule has 0 aliphatic carbocycles. The van der Waals surface area contributed by atoms with Gasteiger partial charge < -0.3 is 0 Å². The zero-order valence-electron chi connectivity index (χ0n) is 16.8. The minimum atomic E-state index is -0.605. The molecule has 0 spiro atoms. The van der Waals surface area contributed by atoms with Gasteiger partial charge in [0.25, 0.3) is 0 Å². The molecule has 0 aromatic carbocycles. The Hall–Kier alpha value is -0.917. The Kier molecular flexibility index (Phi) is 26.4. The maximum absolute atomic E-state index is 10.9. The van der Waals surface area contributed by atoms with Crippen LogP contribution in [0, 0.1) is 0 Å². The van der Waals surface area contributed by atoms with Gasteiger partial charge in [0.2, 0.25) is 0 Å². The fourth-order valence-corrected chi connectivity index (χ4v) is 1.50. The van der Waals surface area contributed by atoms with Crippen LogP contribution >= 0.6 is 0 Å². The number of carbonyl (C=O) groups is 4. The molecule has 0 saturated heterocycles. The van der Waals surface area contributed by atoms with E-state index in [-0.39, 0.29) is 50.6 Å². The molecular weight excluding hydrogens is 435 g/mol. The Bertz CT molecular complexity index is 374. The van der Waals surface area contributed by atoms with Crippen LogP contribution in [-0.2, 0) is 64.9 Å². The zero-order valence-corrected chi connectivity index (χ0v) is 19.3. The molecule has 0 amide bonds. The molecule has 0 aliphatic heterocycles. The molecule has 0 atom stereocenters. The first kappa shape index (κ1) is 30.8. The topological polar surface area (TPSA) is 105 Å². The second kappa shape index (κ2) is 23.1. The number of hydrogen-bond donors (Lipinski definition) is 0. The summed E-state index contributed by atoms with van der Waals surface area (Å²) in [4.78, 5) is 61.3. The van der Waals surface area contributed by atoms with E-state index in [1.807, 2.05) is 27.7 Å². The average molecular weight is 468 g/mol. The Labute approximate surface area is 180 Å². The Morgan fingerprint density at radius 2 is 0.926 bits per heavy atom. The summed E-state index contributed by atoms with van der Waals surface area (Å²) in [6.45, 7) is 8.31. The van der Waals surface area contributed by atoms with Crippen LogP contribution in [0.2, 0.25) is 0 Å². The standard InChI is InChI=1S/2C9H16O4.Zr/c2*1-3-5-8(10)7-9(11)13-12-6-4-2;/h2*3-7H2,1-2H3;. The molecule has 0 aromatic rings. The Morgan fingerprint density at radius 3 is 1.19 bits per heavy atom. The van der Waals surface area contributed by atoms with E-state index < -0.39 is 11.9 Å². The summed E-state index contributed by atoms with van der Waals surface area (Å²) >= 11 is 0. The summed E-state index contributed by atoms with van der Waals surface area (Å²) < 4.78 is 0. The maximum Gasteiger partial charge on any atom is 0.349 e. The van der Waals surface area contributed by atoms with E-state index in [0.29, 0.717) is 26.1 Å². The third-order valence-corrected chi connectivity index (χ3v) is 2.62. The molecule has 0 bridgehead atoms. The van der Waals surface area contributed by atoms with Crippen LogP contribution in [0.15, 0.2) is 0 Å². The van der Waals surface area contributed by atoms with Crippen molar-refractivity contribution in [2.24, 2.45) is 0 Å². The second-order valence-electron chi connectivity index (χ2n) is 5.49. The van der Waals surface area contributed by atoms with Crippen molar-refractivity contribution in [1.29, 1.82) is 0 Å². The van der Waals surface area contributed by atoms with Crippen LogP contribution in [0.4, 0.5) is 0 Å². The van der Waals surface area contributed by atoms with Crippen LogP contribution in [0.5, 0.6) is 0 Å². The van der Waals surface area contributed by atoms with Crippen molar-refractivity contribution in [2.45, 2.75) is 79.1 Å². The third-order valence-electron chi connectivity index (χ3n) is 2.62. The minimum Gasteiger partial charge on any atom is -0.299 e. The first-order valence-electron chi connectivity index (χ1n) is 9.09. The van der Waals surface area contributed by atoms with Gasteiger partial charge in [-0.1, -0.05) is 27.7 Å². The fourth-order valence-electron chi connectivity index (χ4n) is 1.50. The van der Waals surface area contributed by atoms with Crippen LogP contribution in [0.1, 0.15) is 79.1 Å². The van der Waals surface area contributed by atoms with Gasteiger partial charge in [-0.05, 0) is 25.7 Å². The Balaban J connectivity index is -0.000000411. The van der Waals surface area contributed by atoms with Gasteiger partial charge >= 0.3 is 11.9 Å². The SMILES string of the molecule is CCCOOC(=O)CC(=O)CCC.CCCOOC(=O)CC(=O)CCC.[Zr]. The summed E-state index contributed by atoms with van der Waals surface area (Å²) in [7, 11) is 0. The van der Waals surface area contributed by atoms with E-state index in [1.54, 1.807) is 0 Å². The fraction of sp³-hybridized carbons (Fsp3) is 0.778. The minimum absolute atomic E-state index is 0. The van der Waals surface area contributed by atoms with Gasteiger partial charge in [0.05, 0.1) is 13.2 Å². The van der Waals surface area contributed by atoms with Crippen molar-refractivity contribution in [1.82, 2.24) is 0 Å². The van der Waals surface area contributed by atoms with Crippen LogP contribution < -0.4 is 0 Å². The molecule has 156 valence electrons. The van der Waals surface area contributed by atoms with Gasteiger partial charge in [-0.15, -0.1) is 0 Å². The van der Waals surface area contributed by atoms with E-state index in [0.717, 1.165) is 25.7 Å². The van der Waals surface area contributed by atoms with E-state index in [9.17, 15) is 19.2 Å². The largest absolute Gasteiger partial charge is 0.349 e. The predicted octanol–water partition coefficient (Wildman–Crippen LogP) is 3.26. The zero-order chi connectivity index (χ0) is 20.2. The normalized spacial score (nSPS) is 9.33. The molecule has 0 saturated carbocycles. The van der Waals surface area contributed by atoms with Crippen molar-refractivity contribution in [2.75, 3.05) is 13.2 Å². The number of Topliss-reactive ketones (excluding diaryl/α,β-unsaturated/α-hetero) is 2. The van der Waals surface area contributed by atoms with Crippen molar-refractivity contribution in [3.63, 3.8) is 0 Å². The van der Waals surface area contributed by atoms with Gasteiger partial charge in [0, 0.05) is 39.0 Å². The average Bonchev–Trinajstić information content (AvgIpc) is 2.56. The summed E-state index contributed by atoms with van der Waals surface area (Å²) in [5, 5.41) is 0. The number of carbonyl (C=O) groups excluding carboxylic acids is 4. The number of hydrogen-bond acceptors (Lipinski definition) is 8. The van der Waals surface area contributed by atoms with E-state index in [1.165, 1.54) is 0 Å². The van der Waals surface area contributed by atoms with Crippen molar-refractivity contribution < 1.29 is 64.9 Å². The smallest absolute Gasteiger partial charge is 0.299 e. The number of rotatable bonds is 14. The monoisotopic (exact) mass is 466 g/mol. The summed E-state index contributed by atoms with van der Waals surface area (Å²) in [5.74, 6) is -1.42. The molecule has 0 aliphatic rings. The summed E-state index contributed by atoms with van der Waals surface area (Å²) in [5.41, 5.74) is 0. The van der Waals surface area contributed by atoms with E-state index in [4.69, 9.17) is 0 Å². The van der Waals surface area contributed by atoms with Crippen molar-refractivity contribution in [3.05, 3.63) is 0 Å². The van der Waals surface area contributed by atoms with Crippen molar-refractivity contribution >= 4 is 23.5 Å². The van der Waals surface area contributed by atoms with Gasteiger partial charge in [-0.3, -0.25) is 19.4 Å². The van der Waals surface area contributed by atoms with Crippen LogP contribution in [0.3, 0.4) is 0 Å². The molecule has 0 unspecified atom stereocenters. The first-order chi connectivity index (χ1) is 12.4. The predicted molar refractivity (Wildman–Crippen MR) is 93.7 cm³/mol. The van der Waals surface area contributed by atoms with Crippen LogP contribution in [0.25, 0.3) is 0 Å². The molecular formula is C18H32O8Zr. The van der Waals surface area contributed by atoms with E-state index >= 15 is 0 Å². The Morgan fingerprint density at radius 1 is 0.593 bits per heavy atom. The second-order valence-corrected chi connectivity index (χ2v) is 5.49.